The van der Waals surface area contributed by atoms with Crippen LogP contribution in [0.5, 0.6) is 0 Å². The van der Waals surface area contributed by atoms with Crippen molar-refractivity contribution in [2.75, 3.05) is 18.4 Å². The van der Waals surface area contributed by atoms with Gasteiger partial charge in [0.1, 0.15) is 0 Å². The number of nitrogens with zero attached hydrogens (tertiary/aromatic N) is 4. The Morgan fingerprint density at radius 2 is 2.07 bits per heavy atom. The zero-order chi connectivity index (χ0) is 18.8. The Balaban J connectivity index is 1.49. The fourth-order valence-electron chi connectivity index (χ4n) is 3.32. The van der Waals surface area contributed by atoms with Gasteiger partial charge < -0.3 is 9.42 Å². The summed E-state index contributed by atoms with van der Waals surface area (Å²) in [6.45, 7) is 5.02. The Kier molecular flexibility index (Phi) is 4.89. The van der Waals surface area contributed by atoms with Gasteiger partial charge in [0.25, 0.3) is 0 Å². The van der Waals surface area contributed by atoms with E-state index < -0.39 is 0 Å². The van der Waals surface area contributed by atoms with Crippen molar-refractivity contribution < 1.29 is 9.32 Å². The van der Waals surface area contributed by atoms with Crippen LogP contribution < -0.4 is 5.32 Å². The van der Waals surface area contributed by atoms with Gasteiger partial charge in [-0.25, -0.2) is 9.78 Å². The number of hydrogen-bond acceptors (Lipinski definition) is 6. The molecule has 3 heterocycles. The number of carbonyl (C=O) groups excluding carboxylic acids is 1. The molecule has 27 heavy (non-hydrogen) atoms. The molecule has 0 saturated carbocycles. The summed E-state index contributed by atoms with van der Waals surface area (Å²) in [5.41, 5.74) is 1.05. The lowest BCUT2D eigenvalue weighted by atomic mass is 9.98. The van der Waals surface area contributed by atoms with Crippen molar-refractivity contribution in [1.82, 2.24) is 20.0 Å². The smallest absolute Gasteiger partial charge is 0.323 e. The molecule has 1 atom stereocenters. The van der Waals surface area contributed by atoms with Crippen LogP contribution in [0, 0.1) is 13.8 Å². The second kappa shape index (κ2) is 7.48. The first kappa shape index (κ1) is 17.7. The van der Waals surface area contributed by atoms with Gasteiger partial charge in [0.2, 0.25) is 5.89 Å². The highest BCUT2D eigenvalue weighted by molar-refractivity contribution is 7.15. The maximum absolute atomic E-state index is 12.9. The molecule has 0 spiro atoms. The minimum absolute atomic E-state index is 0.0801. The van der Waals surface area contributed by atoms with E-state index in [9.17, 15) is 4.79 Å². The molecule has 0 aliphatic carbocycles. The number of piperidine rings is 1. The number of thiazole rings is 1. The molecule has 140 valence electrons. The Bertz CT molecular complexity index is 937. The first-order valence-electron chi connectivity index (χ1n) is 8.99. The Hall–Kier alpha value is -2.74. The zero-order valence-corrected chi connectivity index (χ0v) is 16.1. The van der Waals surface area contributed by atoms with Crippen molar-refractivity contribution in [2.24, 2.45) is 0 Å². The molecule has 1 N–H and O–H groups in total. The maximum atomic E-state index is 12.9. The molecule has 1 fully saturated rings. The molecule has 1 aromatic carbocycles. The van der Waals surface area contributed by atoms with Crippen LogP contribution in [0.4, 0.5) is 10.6 Å². The second-order valence-electron chi connectivity index (χ2n) is 6.67. The molecule has 7 nitrogen and oxygen atoms in total. The maximum Gasteiger partial charge on any atom is 0.323 e. The minimum atomic E-state index is -0.140. The summed E-state index contributed by atoms with van der Waals surface area (Å²) in [6.07, 6.45) is 1.84. The molecule has 4 rings (SSSR count). The van der Waals surface area contributed by atoms with Crippen LogP contribution in [-0.2, 0) is 0 Å². The van der Waals surface area contributed by atoms with Gasteiger partial charge in [-0.05, 0) is 32.3 Å². The quantitative estimate of drug-likeness (QED) is 0.732. The van der Waals surface area contributed by atoms with Crippen LogP contribution in [-0.4, -0.2) is 39.1 Å². The number of amides is 2. The lowest BCUT2D eigenvalue weighted by molar-refractivity contribution is 0.184. The summed E-state index contributed by atoms with van der Waals surface area (Å²) in [6, 6.07) is 9.85. The fourth-order valence-corrected chi connectivity index (χ4v) is 4.20. The molecule has 2 amide bonds. The van der Waals surface area contributed by atoms with Crippen LogP contribution in [0.3, 0.4) is 0 Å². The zero-order valence-electron chi connectivity index (χ0n) is 15.3. The molecule has 0 bridgehead atoms. The van der Waals surface area contributed by atoms with Crippen molar-refractivity contribution >= 4 is 23.2 Å². The van der Waals surface area contributed by atoms with E-state index in [0.717, 1.165) is 28.3 Å². The number of aromatic nitrogens is 3. The third-order valence-corrected chi connectivity index (χ3v) is 5.62. The largest absolute Gasteiger partial charge is 0.339 e. The molecule has 1 aliphatic heterocycles. The van der Waals surface area contributed by atoms with Gasteiger partial charge in [0, 0.05) is 13.1 Å². The predicted molar refractivity (Wildman–Crippen MR) is 104 cm³/mol. The van der Waals surface area contributed by atoms with Gasteiger partial charge in [0.05, 0.1) is 15.8 Å². The third-order valence-electron chi connectivity index (χ3n) is 4.60. The number of carbonyl (C=O) groups is 1. The SMILES string of the molecule is Cc1noc([C@H]2CCCN(C(=O)Nc3nc(C)sc3-c3ccccc3)C2)n1. The first-order valence-corrected chi connectivity index (χ1v) is 9.81. The third kappa shape index (κ3) is 3.85. The van der Waals surface area contributed by atoms with E-state index in [0.29, 0.717) is 30.6 Å². The minimum Gasteiger partial charge on any atom is -0.339 e. The Morgan fingerprint density at radius 1 is 1.26 bits per heavy atom. The lowest BCUT2D eigenvalue weighted by Gasteiger charge is -2.30. The molecule has 1 saturated heterocycles. The summed E-state index contributed by atoms with van der Waals surface area (Å²) in [7, 11) is 0. The normalized spacial score (nSPS) is 17.1. The number of rotatable bonds is 3. The highest BCUT2D eigenvalue weighted by atomic mass is 32.1. The number of nitrogens with one attached hydrogen (secondary N) is 1. The number of aryl methyl sites for hydroxylation is 2. The lowest BCUT2D eigenvalue weighted by Crippen LogP contribution is -2.41. The van der Waals surface area contributed by atoms with Crippen LogP contribution in [0.2, 0.25) is 0 Å². The van der Waals surface area contributed by atoms with Crippen molar-refractivity contribution in [3.05, 3.63) is 47.1 Å². The van der Waals surface area contributed by atoms with Crippen LogP contribution in [0.15, 0.2) is 34.9 Å². The molecule has 2 aromatic heterocycles. The highest BCUT2D eigenvalue weighted by Crippen LogP contribution is 2.34. The van der Waals surface area contributed by atoms with Crippen molar-refractivity contribution in [3.63, 3.8) is 0 Å². The summed E-state index contributed by atoms with van der Waals surface area (Å²) in [5, 5.41) is 7.78. The Morgan fingerprint density at radius 3 is 2.81 bits per heavy atom. The van der Waals surface area contributed by atoms with Crippen LogP contribution in [0.25, 0.3) is 10.4 Å². The summed E-state index contributed by atoms with van der Waals surface area (Å²) in [4.78, 5) is 24.5. The molecule has 0 unspecified atom stereocenters. The highest BCUT2D eigenvalue weighted by Gasteiger charge is 2.29. The summed E-state index contributed by atoms with van der Waals surface area (Å²) < 4.78 is 5.30. The summed E-state index contributed by atoms with van der Waals surface area (Å²) >= 11 is 1.58. The number of likely N-dealkylation sites (tertiary alicyclic amines) is 1. The van der Waals surface area contributed by atoms with Crippen LogP contribution in [0.1, 0.15) is 35.5 Å². The Labute approximate surface area is 161 Å². The van der Waals surface area contributed by atoms with Crippen LogP contribution >= 0.6 is 11.3 Å². The van der Waals surface area contributed by atoms with Gasteiger partial charge in [-0.15, -0.1) is 11.3 Å². The molecular formula is C19H21N5O2S. The van der Waals surface area contributed by atoms with E-state index in [1.807, 2.05) is 37.3 Å². The molecule has 3 aromatic rings. The van der Waals surface area contributed by atoms with E-state index in [1.165, 1.54) is 0 Å². The second-order valence-corrected chi connectivity index (χ2v) is 7.87. The van der Waals surface area contributed by atoms with Crippen molar-refractivity contribution in [1.29, 1.82) is 0 Å². The first-order chi connectivity index (χ1) is 13.1. The van der Waals surface area contributed by atoms with Gasteiger partial charge in [-0.2, -0.15) is 4.98 Å². The van der Waals surface area contributed by atoms with E-state index in [-0.39, 0.29) is 11.9 Å². The number of anilines is 1. The fraction of sp³-hybridized carbons (Fsp3) is 0.368. The predicted octanol–water partition coefficient (Wildman–Crippen LogP) is 4.22. The number of urea groups is 1. The van der Waals surface area contributed by atoms with Gasteiger partial charge in [0.15, 0.2) is 11.6 Å². The van der Waals surface area contributed by atoms with Gasteiger partial charge in [-0.1, -0.05) is 35.5 Å². The molecule has 1 aliphatic rings. The summed E-state index contributed by atoms with van der Waals surface area (Å²) in [5.74, 6) is 1.93. The monoisotopic (exact) mass is 383 g/mol. The van der Waals surface area contributed by atoms with Crippen molar-refractivity contribution in [3.8, 4) is 10.4 Å². The van der Waals surface area contributed by atoms with E-state index in [4.69, 9.17) is 4.52 Å². The number of benzene rings is 1. The van der Waals surface area contributed by atoms with E-state index in [1.54, 1.807) is 23.2 Å². The molecule has 8 heteroatoms. The van der Waals surface area contributed by atoms with E-state index in [2.05, 4.69) is 20.4 Å². The van der Waals surface area contributed by atoms with Gasteiger partial charge in [-0.3, -0.25) is 5.32 Å². The molecule has 0 radical (unpaired) electrons. The number of hydrogen-bond donors (Lipinski definition) is 1. The van der Waals surface area contributed by atoms with E-state index >= 15 is 0 Å². The van der Waals surface area contributed by atoms with Gasteiger partial charge >= 0.3 is 6.03 Å². The molecular weight excluding hydrogens is 362 g/mol. The average Bonchev–Trinajstić information content (AvgIpc) is 3.28. The van der Waals surface area contributed by atoms with Crippen molar-refractivity contribution in [2.45, 2.75) is 32.6 Å². The topological polar surface area (TPSA) is 84.2 Å². The average molecular weight is 383 g/mol. The standard InChI is InChI=1S/C19H21N5O2S/c1-12-20-18(26-23-12)15-9-6-10-24(11-15)19(25)22-17-16(27-13(2)21-17)14-7-4-3-5-8-14/h3-5,7-8,15H,6,9-11H2,1-2H3,(H,22,25)/t15-/m0/s1.